The Labute approximate surface area is 130 Å². The first kappa shape index (κ1) is 14.4. The van der Waals surface area contributed by atoms with Crippen LogP contribution in [0.1, 0.15) is 49.7 Å². The van der Waals surface area contributed by atoms with Gasteiger partial charge >= 0.3 is 0 Å². The Hall–Kier alpha value is -0.540. The van der Waals surface area contributed by atoms with Crippen LogP contribution in [0.2, 0.25) is 0 Å². The van der Waals surface area contributed by atoms with Crippen LogP contribution in [0.4, 0.5) is 0 Å². The molecule has 1 aliphatic heterocycles. The quantitative estimate of drug-likeness (QED) is 0.737. The van der Waals surface area contributed by atoms with Crippen molar-refractivity contribution in [2.75, 3.05) is 6.61 Å². The lowest BCUT2D eigenvalue weighted by molar-refractivity contribution is -0.0510. The van der Waals surface area contributed by atoms with Gasteiger partial charge in [-0.25, -0.2) is 0 Å². The van der Waals surface area contributed by atoms with E-state index in [-0.39, 0.29) is 11.7 Å². The molecular formula is C17H23BrO2. The molecule has 1 aromatic carbocycles. The molecule has 20 heavy (non-hydrogen) atoms. The van der Waals surface area contributed by atoms with Crippen LogP contribution in [0.15, 0.2) is 18.2 Å². The Morgan fingerprint density at radius 1 is 1.30 bits per heavy atom. The average molecular weight is 339 g/mol. The Balaban J connectivity index is 1.60. The Morgan fingerprint density at radius 2 is 2.10 bits per heavy atom. The van der Waals surface area contributed by atoms with Crippen molar-refractivity contribution >= 4 is 15.9 Å². The molecule has 0 amide bonds. The summed E-state index contributed by atoms with van der Waals surface area (Å²) in [4.78, 5) is 0. The summed E-state index contributed by atoms with van der Waals surface area (Å²) < 4.78 is 12.4. The second-order valence-electron chi connectivity index (χ2n) is 6.18. The number of halogens is 1. The van der Waals surface area contributed by atoms with Gasteiger partial charge in [0.05, 0.1) is 11.7 Å². The zero-order valence-electron chi connectivity index (χ0n) is 12.2. The minimum Gasteiger partial charge on any atom is -0.490 e. The van der Waals surface area contributed by atoms with Gasteiger partial charge in [0.1, 0.15) is 12.4 Å². The van der Waals surface area contributed by atoms with E-state index >= 15 is 0 Å². The summed E-state index contributed by atoms with van der Waals surface area (Å²) in [5, 5.41) is 0.833. The predicted molar refractivity (Wildman–Crippen MR) is 84.6 cm³/mol. The van der Waals surface area contributed by atoms with Crippen molar-refractivity contribution < 1.29 is 9.47 Å². The monoisotopic (exact) mass is 338 g/mol. The fourth-order valence-corrected chi connectivity index (χ4v) is 4.04. The first-order chi connectivity index (χ1) is 9.72. The fraction of sp³-hybridized carbons (Fsp3) is 0.647. The van der Waals surface area contributed by atoms with E-state index in [1.165, 1.54) is 43.2 Å². The van der Waals surface area contributed by atoms with E-state index in [9.17, 15) is 0 Å². The van der Waals surface area contributed by atoms with Crippen LogP contribution < -0.4 is 4.74 Å². The molecule has 1 unspecified atom stereocenters. The van der Waals surface area contributed by atoms with Gasteiger partial charge in [0.25, 0.3) is 0 Å². The third-order valence-corrected chi connectivity index (χ3v) is 5.31. The summed E-state index contributed by atoms with van der Waals surface area (Å²) in [5.74, 6) is 1.03. The highest BCUT2D eigenvalue weighted by molar-refractivity contribution is 9.08. The number of ether oxygens (including phenoxy) is 2. The van der Waals surface area contributed by atoms with Gasteiger partial charge in [-0.05, 0) is 38.2 Å². The standard InChI is InChI=1S/C17H23BrO2/c1-13-5-4-6-14(11-18)16(13)19-12-15-7-10-17(20-15)8-2-3-9-17/h4-6,15H,2-3,7-12H2,1H3. The second-order valence-corrected chi connectivity index (χ2v) is 6.74. The number of hydrogen-bond acceptors (Lipinski definition) is 2. The number of rotatable bonds is 4. The summed E-state index contributed by atoms with van der Waals surface area (Å²) >= 11 is 3.53. The molecule has 1 aromatic rings. The van der Waals surface area contributed by atoms with Crippen LogP contribution in [0, 0.1) is 6.92 Å². The minimum atomic E-state index is 0.206. The van der Waals surface area contributed by atoms with Gasteiger partial charge in [-0.15, -0.1) is 0 Å². The Kier molecular flexibility index (Phi) is 4.37. The molecule has 1 saturated heterocycles. The number of benzene rings is 1. The molecule has 1 heterocycles. The lowest BCUT2D eigenvalue weighted by Crippen LogP contribution is -2.27. The van der Waals surface area contributed by atoms with Gasteiger partial charge in [-0.3, -0.25) is 0 Å². The summed E-state index contributed by atoms with van der Waals surface area (Å²) in [5.41, 5.74) is 2.63. The van der Waals surface area contributed by atoms with E-state index in [4.69, 9.17) is 9.47 Å². The molecule has 3 heteroatoms. The van der Waals surface area contributed by atoms with Gasteiger partial charge in [0.2, 0.25) is 0 Å². The molecule has 2 fully saturated rings. The van der Waals surface area contributed by atoms with Crippen LogP contribution in [0.25, 0.3) is 0 Å². The number of aryl methyl sites for hydroxylation is 1. The number of para-hydroxylation sites is 1. The molecule has 1 saturated carbocycles. The van der Waals surface area contributed by atoms with Crippen molar-refractivity contribution in [1.82, 2.24) is 0 Å². The zero-order chi connectivity index (χ0) is 14.0. The van der Waals surface area contributed by atoms with Crippen molar-refractivity contribution in [2.24, 2.45) is 0 Å². The molecule has 0 bridgehead atoms. The normalized spacial score (nSPS) is 24.4. The van der Waals surface area contributed by atoms with Gasteiger partial charge in [0, 0.05) is 10.9 Å². The number of hydrogen-bond donors (Lipinski definition) is 0. The first-order valence-electron chi connectivity index (χ1n) is 7.67. The molecule has 1 atom stereocenters. The fourth-order valence-electron chi connectivity index (χ4n) is 3.60. The average Bonchev–Trinajstić information content (AvgIpc) is 3.08. The largest absolute Gasteiger partial charge is 0.490 e. The minimum absolute atomic E-state index is 0.206. The van der Waals surface area contributed by atoms with Crippen molar-refractivity contribution in [3.05, 3.63) is 29.3 Å². The molecular weight excluding hydrogens is 316 g/mol. The van der Waals surface area contributed by atoms with Crippen molar-refractivity contribution in [1.29, 1.82) is 0 Å². The summed E-state index contributed by atoms with van der Waals surface area (Å²) in [7, 11) is 0. The van der Waals surface area contributed by atoms with E-state index in [2.05, 4.69) is 41.1 Å². The Morgan fingerprint density at radius 3 is 2.85 bits per heavy atom. The van der Waals surface area contributed by atoms with E-state index in [0.717, 1.165) is 17.5 Å². The lowest BCUT2D eigenvalue weighted by atomic mass is 9.98. The lowest BCUT2D eigenvalue weighted by Gasteiger charge is -2.24. The summed E-state index contributed by atoms with van der Waals surface area (Å²) in [6.07, 6.45) is 7.81. The van der Waals surface area contributed by atoms with Crippen LogP contribution >= 0.6 is 15.9 Å². The molecule has 3 rings (SSSR count). The van der Waals surface area contributed by atoms with Crippen LogP contribution in [-0.2, 0) is 10.1 Å². The van der Waals surface area contributed by atoms with Crippen LogP contribution in [-0.4, -0.2) is 18.3 Å². The first-order valence-corrected chi connectivity index (χ1v) is 8.80. The summed E-state index contributed by atoms with van der Waals surface area (Å²) in [6.45, 7) is 2.79. The van der Waals surface area contributed by atoms with Crippen molar-refractivity contribution in [3.63, 3.8) is 0 Å². The molecule has 110 valence electrons. The molecule has 1 spiro atoms. The third-order valence-electron chi connectivity index (χ3n) is 4.70. The topological polar surface area (TPSA) is 18.5 Å². The maximum atomic E-state index is 6.31. The highest BCUT2D eigenvalue weighted by Crippen LogP contribution is 2.43. The van der Waals surface area contributed by atoms with Gasteiger partial charge in [0.15, 0.2) is 0 Å². The van der Waals surface area contributed by atoms with E-state index < -0.39 is 0 Å². The second kappa shape index (κ2) is 6.07. The highest BCUT2D eigenvalue weighted by Gasteiger charge is 2.42. The number of alkyl halides is 1. The molecule has 2 nitrogen and oxygen atoms in total. The molecule has 0 aromatic heterocycles. The van der Waals surface area contributed by atoms with Crippen LogP contribution in [0.5, 0.6) is 5.75 Å². The van der Waals surface area contributed by atoms with Gasteiger partial charge < -0.3 is 9.47 Å². The zero-order valence-corrected chi connectivity index (χ0v) is 13.7. The van der Waals surface area contributed by atoms with Gasteiger partial charge in [-0.1, -0.05) is 47.0 Å². The molecule has 0 N–H and O–H groups in total. The molecule has 2 aliphatic rings. The van der Waals surface area contributed by atoms with Crippen LogP contribution in [0.3, 0.4) is 0 Å². The summed E-state index contributed by atoms with van der Waals surface area (Å²) in [6, 6.07) is 6.30. The molecule has 0 radical (unpaired) electrons. The maximum Gasteiger partial charge on any atom is 0.126 e. The smallest absolute Gasteiger partial charge is 0.126 e. The Bertz CT molecular complexity index is 466. The van der Waals surface area contributed by atoms with E-state index in [0.29, 0.717) is 6.61 Å². The molecule has 1 aliphatic carbocycles. The van der Waals surface area contributed by atoms with Crippen molar-refractivity contribution in [3.8, 4) is 5.75 Å². The highest BCUT2D eigenvalue weighted by atomic mass is 79.9. The predicted octanol–water partition coefficient (Wildman–Crippen LogP) is 4.76. The maximum absolute atomic E-state index is 6.31. The van der Waals surface area contributed by atoms with E-state index in [1.54, 1.807) is 0 Å². The van der Waals surface area contributed by atoms with E-state index in [1.807, 2.05) is 0 Å². The van der Waals surface area contributed by atoms with Gasteiger partial charge in [-0.2, -0.15) is 0 Å². The SMILES string of the molecule is Cc1cccc(CBr)c1OCC1CCC2(CCCC2)O1. The third kappa shape index (κ3) is 2.89. The van der Waals surface area contributed by atoms with Crippen molar-refractivity contribution in [2.45, 2.75) is 62.5 Å².